The van der Waals surface area contributed by atoms with E-state index in [0.717, 1.165) is 5.56 Å². The van der Waals surface area contributed by atoms with Crippen LogP contribution in [0.15, 0.2) is 24.3 Å². The number of aliphatic hydroxyl groups is 1. The number of nitrogens with one attached hydrogen (secondary N) is 1. The van der Waals surface area contributed by atoms with Crippen LogP contribution in [-0.2, 0) is 4.79 Å². The van der Waals surface area contributed by atoms with Gasteiger partial charge in [-0.3, -0.25) is 9.69 Å². The van der Waals surface area contributed by atoms with Gasteiger partial charge in [-0.2, -0.15) is 0 Å². The normalized spacial score (nSPS) is 11.4. The first-order valence-corrected chi connectivity index (χ1v) is 6.94. The van der Waals surface area contributed by atoms with Crippen molar-refractivity contribution in [1.82, 2.24) is 4.90 Å². The Hall–Kier alpha value is -1.53. The predicted octanol–water partition coefficient (Wildman–Crippen LogP) is 2.31. The van der Waals surface area contributed by atoms with E-state index in [1.807, 2.05) is 32.0 Å². The van der Waals surface area contributed by atoms with Crippen LogP contribution in [0.1, 0.15) is 25.3 Å². The van der Waals surface area contributed by atoms with Crippen LogP contribution >= 0.6 is 0 Å². The zero-order chi connectivity index (χ0) is 15.8. The molecule has 0 unspecified atom stereocenters. The Bertz CT molecular complexity index is 453. The highest BCUT2D eigenvalue weighted by molar-refractivity contribution is 5.93. The lowest BCUT2D eigenvalue weighted by Crippen LogP contribution is -2.38. The molecule has 4 nitrogen and oxygen atoms in total. The number of hydrogen-bond acceptors (Lipinski definition) is 3. The largest absolute Gasteiger partial charge is 0.395 e. The number of halogens is 2. The van der Waals surface area contributed by atoms with Crippen molar-refractivity contribution in [3.8, 4) is 0 Å². The molecule has 1 amide bonds. The first kappa shape index (κ1) is 17.5. The average Bonchev–Trinajstić information content (AvgIpc) is 2.38. The number of rotatable bonds is 8. The first-order chi connectivity index (χ1) is 9.93. The number of hydrogen-bond donors (Lipinski definition) is 2. The number of para-hydroxylation sites is 1. The van der Waals surface area contributed by atoms with Crippen LogP contribution < -0.4 is 5.32 Å². The van der Waals surface area contributed by atoms with E-state index in [9.17, 15) is 13.6 Å². The van der Waals surface area contributed by atoms with Crippen molar-refractivity contribution in [2.75, 3.05) is 31.6 Å². The molecule has 1 rings (SSSR count). The van der Waals surface area contributed by atoms with Crippen molar-refractivity contribution in [2.45, 2.75) is 26.2 Å². The van der Waals surface area contributed by atoms with E-state index in [-0.39, 0.29) is 31.5 Å². The highest BCUT2D eigenvalue weighted by atomic mass is 19.3. The molecule has 0 atom stereocenters. The van der Waals surface area contributed by atoms with E-state index in [2.05, 4.69) is 5.32 Å². The highest BCUT2D eigenvalue weighted by Gasteiger charge is 2.16. The van der Waals surface area contributed by atoms with E-state index in [0.29, 0.717) is 5.69 Å². The lowest BCUT2D eigenvalue weighted by atomic mass is 10.0. The molecule has 0 bridgehead atoms. The molecular formula is C15H22F2N2O2. The second kappa shape index (κ2) is 8.69. The van der Waals surface area contributed by atoms with Gasteiger partial charge in [0, 0.05) is 12.2 Å². The maximum atomic E-state index is 12.4. The van der Waals surface area contributed by atoms with Gasteiger partial charge in [-0.15, -0.1) is 0 Å². The van der Waals surface area contributed by atoms with Crippen LogP contribution in [0.5, 0.6) is 0 Å². The summed E-state index contributed by atoms with van der Waals surface area (Å²) in [4.78, 5) is 13.2. The molecular weight excluding hydrogens is 278 g/mol. The maximum Gasteiger partial charge on any atom is 0.251 e. The van der Waals surface area contributed by atoms with Gasteiger partial charge in [0.25, 0.3) is 6.43 Å². The molecule has 0 saturated heterocycles. The van der Waals surface area contributed by atoms with Gasteiger partial charge in [0.15, 0.2) is 0 Å². The summed E-state index contributed by atoms with van der Waals surface area (Å²) in [5.41, 5.74) is 1.69. The summed E-state index contributed by atoms with van der Waals surface area (Å²) in [5.74, 6) is -0.117. The van der Waals surface area contributed by atoms with Crippen LogP contribution in [0.3, 0.4) is 0 Å². The molecule has 0 fully saturated rings. The van der Waals surface area contributed by atoms with Crippen molar-refractivity contribution in [3.63, 3.8) is 0 Å². The van der Waals surface area contributed by atoms with E-state index in [1.54, 1.807) is 6.07 Å². The monoisotopic (exact) mass is 300 g/mol. The van der Waals surface area contributed by atoms with Crippen molar-refractivity contribution in [1.29, 1.82) is 0 Å². The Labute approximate surface area is 123 Å². The third-order valence-electron chi connectivity index (χ3n) is 3.04. The summed E-state index contributed by atoms with van der Waals surface area (Å²) in [7, 11) is 0. The number of benzene rings is 1. The topological polar surface area (TPSA) is 52.6 Å². The second-order valence-electron chi connectivity index (χ2n) is 5.14. The van der Waals surface area contributed by atoms with Crippen LogP contribution in [0.25, 0.3) is 0 Å². The van der Waals surface area contributed by atoms with Crippen molar-refractivity contribution >= 4 is 11.6 Å². The fourth-order valence-electron chi connectivity index (χ4n) is 2.08. The number of anilines is 1. The Balaban J connectivity index is 2.67. The molecule has 0 aliphatic carbocycles. The fraction of sp³-hybridized carbons (Fsp3) is 0.533. The second-order valence-corrected chi connectivity index (χ2v) is 5.14. The molecule has 1 aromatic rings. The lowest BCUT2D eigenvalue weighted by Gasteiger charge is -2.21. The van der Waals surface area contributed by atoms with Gasteiger partial charge in [-0.25, -0.2) is 8.78 Å². The fourth-order valence-corrected chi connectivity index (χ4v) is 2.08. The Morgan fingerprint density at radius 2 is 2.00 bits per heavy atom. The minimum atomic E-state index is -2.53. The Morgan fingerprint density at radius 1 is 1.33 bits per heavy atom. The zero-order valence-corrected chi connectivity index (χ0v) is 12.4. The molecule has 1 aromatic carbocycles. The van der Waals surface area contributed by atoms with E-state index in [1.165, 1.54) is 4.90 Å². The maximum absolute atomic E-state index is 12.4. The number of nitrogens with zero attached hydrogens (tertiary/aromatic N) is 1. The van der Waals surface area contributed by atoms with Gasteiger partial charge >= 0.3 is 0 Å². The van der Waals surface area contributed by atoms with Gasteiger partial charge in [0.05, 0.1) is 19.7 Å². The van der Waals surface area contributed by atoms with Crippen molar-refractivity contribution < 1.29 is 18.7 Å². The minimum Gasteiger partial charge on any atom is -0.395 e. The molecule has 2 N–H and O–H groups in total. The summed E-state index contributed by atoms with van der Waals surface area (Å²) >= 11 is 0. The molecule has 118 valence electrons. The van der Waals surface area contributed by atoms with Crippen LogP contribution in [0.2, 0.25) is 0 Å². The van der Waals surface area contributed by atoms with Gasteiger partial charge in [-0.1, -0.05) is 32.0 Å². The molecule has 0 spiro atoms. The van der Waals surface area contributed by atoms with Crippen LogP contribution in [0.4, 0.5) is 14.5 Å². The number of amides is 1. The van der Waals surface area contributed by atoms with Gasteiger partial charge < -0.3 is 10.4 Å². The van der Waals surface area contributed by atoms with E-state index >= 15 is 0 Å². The summed E-state index contributed by atoms with van der Waals surface area (Å²) in [5, 5.41) is 11.6. The van der Waals surface area contributed by atoms with Crippen LogP contribution in [-0.4, -0.2) is 48.6 Å². The SMILES string of the molecule is CC(C)c1ccccc1NC(=O)CN(CCO)CC(F)F. The molecule has 0 aromatic heterocycles. The number of carbonyl (C=O) groups is 1. The minimum absolute atomic E-state index is 0.0452. The van der Waals surface area contributed by atoms with Crippen molar-refractivity contribution in [2.24, 2.45) is 0 Å². The molecule has 0 saturated carbocycles. The van der Waals surface area contributed by atoms with Gasteiger partial charge in [-0.05, 0) is 17.5 Å². The third-order valence-corrected chi connectivity index (χ3v) is 3.04. The van der Waals surface area contributed by atoms with Gasteiger partial charge in [0.2, 0.25) is 5.91 Å². The molecule has 0 aliphatic rings. The summed E-state index contributed by atoms with van der Waals surface area (Å²) in [6.07, 6.45) is -2.53. The van der Waals surface area contributed by atoms with Gasteiger partial charge in [0.1, 0.15) is 0 Å². The number of alkyl halides is 2. The summed E-state index contributed by atoms with van der Waals surface area (Å²) < 4.78 is 24.8. The summed E-state index contributed by atoms with van der Waals surface area (Å²) in [6, 6.07) is 7.41. The lowest BCUT2D eigenvalue weighted by molar-refractivity contribution is -0.117. The zero-order valence-electron chi connectivity index (χ0n) is 12.4. The van der Waals surface area contributed by atoms with Crippen LogP contribution in [0, 0.1) is 0 Å². The Kier molecular flexibility index (Phi) is 7.25. The first-order valence-electron chi connectivity index (χ1n) is 6.94. The number of aliphatic hydroxyl groups excluding tert-OH is 1. The summed E-state index contributed by atoms with van der Waals surface area (Å²) in [6.45, 7) is 3.11. The number of carbonyl (C=O) groups excluding carboxylic acids is 1. The van der Waals surface area contributed by atoms with E-state index < -0.39 is 13.0 Å². The molecule has 0 heterocycles. The third kappa shape index (κ3) is 6.18. The Morgan fingerprint density at radius 3 is 2.57 bits per heavy atom. The molecule has 0 aliphatic heterocycles. The molecule has 6 heteroatoms. The smallest absolute Gasteiger partial charge is 0.251 e. The predicted molar refractivity (Wildman–Crippen MR) is 78.7 cm³/mol. The molecule has 0 radical (unpaired) electrons. The quantitative estimate of drug-likeness (QED) is 0.774. The highest BCUT2D eigenvalue weighted by Crippen LogP contribution is 2.23. The van der Waals surface area contributed by atoms with E-state index in [4.69, 9.17) is 5.11 Å². The average molecular weight is 300 g/mol. The standard InChI is InChI=1S/C15H22F2N2O2/c1-11(2)12-5-3-4-6-13(12)18-15(21)10-19(7-8-20)9-14(16)17/h3-6,11,14,20H,7-10H2,1-2H3,(H,18,21). The molecule has 21 heavy (non-hydrogen) atoms. The van der Waals surface area contributed by atoms with Crippen molar-refractivity contribution in [3.05, 3.63) is 29.8 Å².